The molecule has 0 aromatic heterocycles. The molecule has 0 unspecified atom stereocenters. The standard InChI is InChI=1S/C9H6F3NO/c10-7-4-6(14-3-1-2-13)5-8(11)9(7)12/h4-5H,1,3H2. The number of hydrogen-bond donors (Lipinski definition) is 0. The van der Waals surface area contributed by atoms with E-state index in [4.69, 9.17) is 10.00 Å². The number of nitriles is 1. The summed E-state index contributed by atoms with van der Waals surface area (Å²) in [4.78, 5) is 0. The monoisotopic (exact) mass is 201 g/mol. The third-order valence-electron chi connectivity index (χ3n) is 1.44. The Labute approximate surface area is 78.5 Å². The first-order valence-electron chi connectivity index (χ1n) is 3.79. The molecule has 1 rings (SSSR count). The fourth-order valence-electron chi connectivity index (χ4n) is 0.830. The molecule has 74 valence electrons. The Balaban J connectivity index is 2.75. The maximum Gasteiger partial charge on any atom is 0.194 e. The average Bonchev–Trinajstić information content (AvgIpc) is 2.14. The fourth-order valence-corrected chi connectivity index (χ4v) is 0.830. The number of nitrogens with zero attached hydrogens (tertiary/aromatic N) is 1. The van der Waals surface area contributed by atoms with Crippen LogP contribution in [-0.2, 0) is 0 Å². The van der Waals surface area contributed by atoms with Crippen LogP contribution in [-0.4, -0.2) is 6.61 Å². The summed E-state index contributed by atoms with van der Waals surface area (Å²) < 4.78 is 42.4. The molecule has 14 heavy (non-hydrogen) atoms. The van der Waals surface area contributed by atoms with Gasteiger partial charge in [0, 0.05) is 12.1 Å². The van der Waals surface area contributed by atoms with Crippen molar-refractivity contribution >= 4 is 0 Å². The van der Waals surface area contributed by atoms with Crippen LogP contribution >= 0.6 is 0 Å². The topological polar surface area (TPSA) is 33.0 Å². The smallest absolute Gasteiger partial charge is 0.194 e. The maximum absolute atomic E-state index is 12.6. The molecule has 0 heterocycles. The van der Waals surface area contributed by atoms with Gasteiger partial charge in [0.25, 0.3) is 0 Å². The molecule has 0 radical (unpaired) electrons. The van der Waals surface area contributed by atoms with E-state index < -0.39 is 17.5 Å². The van der Waals surface area contributed by atoms with Crippen LogP contribution < -0.4 is 4.74 Å². The van der Waals surface area contributed by atoms with Gasteiger partial charge in [0.1, 0.15) is 12.4 Å². The summed E-state index contributed by atoms with van der Waals surface area (Å²) in [6.07, 6.45) is 0.0978. The molecular weight excluding hydrogens is 195 g/mol. The highest BCUT2D eigenvalue weighted by Gasteiger charge is 2.10. The molecule has 0 aliphatic rings. The van der Waals surface area contributed by atoms with Gasteiger partial charge in [-0.2, -0.15) is 5.26 Å². The molecular formula is C9H6F3NO. The third-order valence-corrected chi connectivity index (χ3v) is 1.44. The summed E-state index contributed by atoms with van der Waals surface area (Å²) in [7, 11) is 0. The average molecular weight is 201 g/mol. The first kappa shape index (κ1) is 10.4. The van der Waals surface area contributed by atoms with Crippen molar-refractivity contribution in [2.45, 2.75) is 6.42 Å². The Morgan fingerprint density at radius 2 is 1.79 bits per heavy atom. The highest BCUT2D eigenvalue weighted by molar-refractivity contribution is 5.25. The van der Waals surface area contributed by atoms with E-state index in [9.17, 15) is 13.2 Å². The minimum absolute atomic E-state index is 0.0149. The number of halogens is 3. The second-order valence-electron chi connectivity index (χ2n) is 2.46. The number of rotatable bonds is 3. The van der Waals surface area contributed by atoms with Gasteiger partial charge < -0.3 is 4.74 Å². The van der Waals surface area contributed by atoms with Crippen LogP contribution in [0.5, 0.6) is 5.75 Å². The van der Waals surface area contributed by atoms with Crippen LogP contribution in [0.1, 0.15) is 6.42 Å². The number of hydrogen-bond acceptors (Lipinski definition) is 2. The van der Waals surface area contributed by atoms with Crippen LogP contribution in [0.4, 0.5) is 13.2 Å². The van der Waals surface area contributed by atoms with Crippen molar-refractivity contribution in [3.05, 3.63) is 29.6 Å². The zero-order chi connectivity index (χ0) is 10.6. The van der Waals surface area contributed by atoms with Crippen LogP contribution in [0.15, 0.2) is 12.1 Å². The van der Waals surface area contributed by atoms with Crippen LogP contribution in [0.2, 0.25) is 0 Å². The van der Waals surface area contributed by atoms with E-state index in [1.807, 2.05) is 0 Å². The molecule has 1 aromatic carbocycles. The van der Waals surface area contributed by atoms with Crippen molar-refractivity contribution in [1.29, 1.82) is 5.26 Å². The zero-order valence-corrected chi connectivity index (χ0v) is 7.06. The number of benzene rings is 1. The third kappa shape index (κ3) is 2.39. The molecule has 0 atom stereocenters. The Bertz CT molecular complexity index is 350. The highest BCUT2D eigenvalue weighted by atomic mass is 19.2. The lowest BCUT2D eigenvalue weighted by molar-refractivity contribution is 0.319. The summed E-state index contributed by atoms with van der Waals surface area (Å²) in [5.41, 5.74) is 0. The van der Waals surface area contributed by atoms with Crippen molar-refractivity contribution in [2.24, 2.45) is 0 Å². The lowest BCUT2D eigenvalue weighted by atomic mass is 10.3. The van der Waals surface area contributed by atoms with Crippen molar-refractivity contribution in [2.75, 3.05) is 6.61 Å². The molecule has 1 aromatic rings. The Morgan fingerprint density at radius 1 is 1.21 bits per heavy atom. The minimum Gasteiger partial charge on any atom is -0.492 e. The van der Waals surface area contributed by atoms with Gasteiger partial charge in [0.05, 0.1) is 12.5 Å². The predicted molar refractivity (Wildman–Crippen MR) is 42.0 cm³/mol. The largest absolute Gasteiger partial charge is 0.492 e. The van der Waals surface area contributed by atoms with E-state index in [0.29, 0.717) is 0 Å². The van der Waals surface area contributed by atoms with Gasteiger partial charge in [0.2, 0.25) is 0 Å². The molecule has 2 nitrogen and oxygen atoms in total. The van der Waals surface area contributed by atoms with Gasteiger partial charge >= 0.3 is 0 Å². The van der Waals surface area contributed by atoms with Crippen LogP contribution in [0, 0.1) is 28.8 Å². The highest BCUT2D eigenvalue weighted by Crippen LogP contribution is 2.19. The van der Waals surface area contributed by atoms with Crippen LogP contribution in [0.25, 0.3) is 0 Å². The van der Waals surface area contributed by atoms with Crippen molar-refractivity contribution in [3.63, 3.8) is 0 Å². The zero-order valence-electron chi connectivity index (χ0n) is 7.06. The summed E-state index contributed by atoms with van der Waals surface area (Å²) in [6.45, 7) is 0.0149. The van der Waals surface area contributed by atoms with Gasteiger partial charge in [-0.3, -0.25) is 0 Å². The van der Waals surface area contributed by atoms with E-state index in [0.717, 1.165) is 12.1 Å². The van der Waals surface area contributed by atoms with Gasteiger partial charge in [-0.15, -0.1) is 0 Å². The summed E-state index contributed by atoms with van der Waals surface area (Å²) in [5, 5.41) is 8.16. The number of ether oxygens (including phenoxy) is 1. The van der Waals surface area contributed by atoms with E-state index >= 15 is 0 Å². The van der Waals surface area contributed by atoms with E-state index in [-0.39, 0.29) is 18.8 Å². The molecule has 0 saturated heterocycles. The van der Waals surface area contributed by atoms with Crippen molar-refractivity contribution in [3.8, 4) is 11.8 Å². The summed E-state index contributed by atoms with van der Waals surface area (Å²) >= 11 is 0. The first-order chi connectivity index (χ1) is 6.65. The molecule has 0 aliphatic carbocycles. The van der Waals surface area contributed by atoms with E-state index in [1.165, 1.54) is 0 Å². The van der Waals surface area contributed by atoms with Gasteiger partial charge in [-0.05, 0) is 0 Å². The van der Waals surface area contributed by atoms with Gasteiger partial charge in [-0.25, -0.2) is 13.2 Å². The lowest BCUT2D eigenvalue weighted by Gasteiger charge is -2.04. The second-order valence-corrected chi connectivity index (χ2v) is 2.46. The summed E-state index contributed by atoms with van der Waals surface area (Å²) in [6, 6.07) is 3.26. The van der Waals surface area contributed by atoms with Crippen molar-refractivity contribution < 1.29 is 17.9 Å². The Hall–Kier alpha value is -1.70. The molecule has 5 heteroatoms. The minimum atomic E-state index is -1.53. The summed E-state index contributed by atoms with van der Waals surface area (Å²) in [5.74, 6) is -4.27. The lowest BCUT2D eigenvalue weighted by Crippen LogP contribution is -1.98. The van der Waals surface area contributed by atoms with Crippen LogP contribution in [0.3, 0.4) is 0 Å². The Morgan fingerprint density at radius 3 is 2.29 bits per heavy atom. The van der Waals surface area contributed by atoms with Gasteiger partial charge in [0.15, 0.2) is 17.5 Å². The SMILES string of the molecule is N#CCCOc1cc(F)c(F)c(F)c1. The fraction of sp³-hybridized carbons (Fsp3) is 0.222. The maximum atomic E-state index is 12.6. The molecule has 0 aliphatic heterocycles. The molecule has 0 spiro atoms. The first-order valence-corrected chi connectivity index (χ1v) is 3.79. The van der Waals surface area contributed by atoms with Gasteiger partial charge in [-0.1, -0.05) is 0 Å². The predicted octanol–water partition coefficient (Wildman–Crippen LogP) is 2.40. The molecule has 0 saturated carbocycles. The molecule has 0 amide bonds. The van der Waals surface area contributed by atoms with E-state index in [2.05, 4.69) is 0 Å². The molecule has 0 bridgehead atoms. The Kier molecular flexibility index (Phi) is 3.35. The molecule has 0 N–H and O–H groups in total. The quantitative estimate of drug-likeness (QED) is 0.555. The second kappa shape index (κ2) is 4.51. The normalized spacial score (nSPS) is 9.57. The van der Waals surface area contributed by atoms with Crippen molar-refractivity contribution in [1.82, 2.24) is 0 Å². The van der Waals surface area contributed by atoms with E-state index in [1.54, 1.807) is 6.07 Å². The molecule has 0 fully saturated rings.